The lowest BCUT2D eigenvalue weighted by Crippen LogP contribution is -2.33. The predicted octanol–water partition coefficient (Wildman–Crippen LogP) is 0.0247. The van der Waals surface area contributed by atoms with E-state index in [1.807, 2.05) is 6.92 Å². The van der Waals surface area contributed by atoms with Gasteiger partial charge in [-0.15, -0.1) is 0 Å². The molecule has 0 aliphatic heterocycles. The van der Waals surface area contributed by atoms with Crippen LogP contribution in [0.5, 0.6) is 0 Å². The zero-order valence-electron chi connectivity index (χ0n) is 7.20. The molecule has 1 unspecified atom stereocenters. The zero-order valence-corrected chi connectivity index (χ0v) is 7.20. The summed E-state index contributed by atoms with van der Waals surface area (Å²) in [5.41, 5.74) is 0. The first-order valence-corrected chi connectivity index (χ1v) is 3.59. The van der Waals surface area contributed by atoms with E-state index in [2.05, 4.69) is 4.84 Å². The number of aliphatic hydroxyl groups is 1. The molecule has 0 aromatic heterocycles. The van der Waals surface area contributed by atoms with E-state index in [1.165, 1.54) is 14.2 Å². The van der Waals surface area contributed by atoms with Gasteiger partial charge in [0.25, 0.3) is 5.91 Å². The molecule has 0 saturated heterocycles. The van der Waals surface area contributed by atoms with Crippen molar-refractivity contribution in [3.63, 3.8) is 0 Å². The quantitative estimate of drug-likeness (QED) is 0.591. The van der Waals surface area contributed by atoms with Crippen molar-refractivity contribution in [1.29, 1.82) is 0 Å². The van der Waals surface area contributed by atoms with Gasteiger partial charge in [-0.3, -0.25) is 9.63 Å². The van der Waals surface area contributed by atoms with Crippen molar-refractivity contribution < 1.29 is 14.7 Å². The van der Waals surface area contributed by atoms with Gasteiger partial charge < -0.3 is 5.11 Å². The fourth-order valence-electron chi connectivity index (χ4n) is 0.729. The number of amides is 1. The maximum absolute atomic E-state index is 11.2. The van der Waals surface area contributed by atoms with E-state index in [0.717, 1.165) is 5.06 Å². The Hall–Kier alpha value is -0.610. The normalized spacial score (nSPS) is 12.7. The van der Waals surface area contributed by atoms with Crippen LogP contribution in [0.25, 0.3) is 0 Å². The van der Waals surface area contributed by atoms with Crippen LogP contribution in [0.2, 0.25) is 0 Å². The molecule has 1 atom stereocenters. The van der Waals surface area contributed by atoms with E-state index >= 15 is 0 Å². The van der Waals surface area contributed by atoms with Crippen molar-refractivity contribution in [1.82, 2.24) is 5.06 Å². The van der Waals surface area contributed by atoms with E-state index in [9.17, 15) is 4.79 Å². The zero-order chi connectivity index (χ0) is 8.85. The molecule has 0 aromatic carbocycles. The molecule has 0 aliphatic rings. The summed E-state index contributed by atoms with van der Waals surface area (Å²) in [6, 6.07) is 0. The molecular weight excluding hydrogens is 146 g/mol. The van der Waals surface area contributed by atoms with E-state index in [1.54, 1.807) is 0 Å². The maximum atomic E-state index is 11.2. The van der Waals surface area contributed by atoms with E-state index in [4.69, 9.17) is 5.11 Å². The molecule has 66 valence electrons. The summed E-state index contributed by atoms with van der Waals surface area (Å²) in [6.07, 6.45) is 0.628. The molecule has 1 N–H and O–H groups in total. The van der Waals surface area contributed by atoms with Crippen molar-refractivity contribution in [2.75, 3.05) is 20.8 Å². The van der Waals surface area contributed by atoms with Gasteiger partial charge in [0.15, 0.2) is 0 Å². The van der Waals surface area contributed by atoms with Crippen LogP contribution >= 0.6 is 0 Å². The topological polar surface area (TPSA) is 49.8 Å². The van der Waals surface area contributed by atoms with Gasteiger partial charge in [0, 0.05) is 7.05 Å². The van der Waals surface area contributed by atoms with E-state index < -0.39 is 0 Å². The van der Waals surface area contributed by atoms with Crippen LogP contribution in [-0.4, -0.2) is 36.8 Å². The van der Waals surface area contributed by atoms with Crippen molar-refractivity contribution in [2.45, 2.75) is 13.3 Å². The molecule has 0 bridgehead atoms. The fraction of sp³-hybridized carbons (Fsp3) is 0.857. The lowest BCUT2D eigenvalue weighted by molar-refractivity contribution is -0.174. The van der Waals surface area contributed by atoms with Gasteiger partial charge in [-0.05, 0) is 6.42 Å². The molecule has 4 nitrogen and oxygen atoms in total. The van der Waals surface area contributed by atoms with Gasteiger partial charge in [0.2, 0.25) is 0 Å². The molecule has 0 heterocycles. The molecule has 0 radical (unpaired) electrons. The Kier molecular flexibility index (Phi) is 4.81. The lowest BCUT2D eigenvalue weighted by Gasteiger charge is -2.18. The number of nitrogens with zero attached hydrogens (tertiary/aromatic N) is 1. The lowest BCUT2D eigenvalue weighted by atomic mass is 10.1. The van der Waals surface area contributed by atoms with Gasteiger partial charge in [-0.25, -0.2) is 5.06 Å². The minimum atomic E-state index is -0.333. The van der Waals surface area contributed by atoms with Gasteiger partial charge in [-0.2, -0.15) is 0 Å². The molecule has 0 aliphatic carbocycles. The van der Waals surface area contributed by atoms with E-state index in [0.29, 0.717) is 6.42 Å². The van der Waals surface area contributed by atoms with Crippen LogP contribution < -0.4 is 0 Å². The average molecular weight is 161 g/mol. The van der Waals surface area contributed by atoms with Crippen LogP contribution in [0.15, 0.2) is 0 Å². The molecule has 0 rings (SSSR count). The first kappa shape index (κ1) is 10.4. The number of aliphatic hydroxyl groups excluding tert-OH is 1. The highest BCUT2D eigenvalue weighted by Gasteiger charge is 2.18. The smallest absolute Gasteiger partial charge is 0.251 e. The number of hydroxylamine groups is 2. The van der Waals surface area contributed by atoms with Crippen LogP contribution in [0, 0.1) is 5.92 Å². The summed E-state index contributed by atoms with van der Waals surface area (Å²) in [5.74, 6) is -0.516. The SMILES string of the molecule is CCC(CO)C(=O)N(C)OC. The van der Waals surface area contributed by atoms with Crippen molar-refractivity contribution in [3.8, 4) is 0 Å². The molecule has 11 heavy (non-hydrogen) atoms. The molecule has 1 amide bonds. The van der Waals surface area contributed by atoms with Gasteiger partial charge in [0.1, 0.15) is 0 Å². The second-order valence-electron chi connectivity index (χ2n) is 2.31. The number of hydrogen-bond donors (Lipinski definition) is 1. The number of carbonyl (C=O) groups is 1. The van der Waals surface area contributed by atoms with Crippen LogP contribution in [0.1, 0.15) is 13.3 Å². The summed E-state index contributed by atoms with van der Waals surface area (Å²) >= 11 is 0. The Morgan fingerprint density at radius 1 is 1.73 bits per heavy atom. The summed E-state index contributed by atoms with van der Waals surface area (Å²) in [4.78, 5) is 15.8. The maximum Gasteiger partial charge on any atom is 0.251 e. The highest BCUT2D eigenvalue weighted by atomic mass is 16.7. The Bertz CT molecular complexity index is 123. The largest absolute Gasteiger partial charge is 0.396 e. The van der Waals surface area contributed by atoms with Crippen LogP contribution in [-0.2, 0) is 9.63 Å². The van der Waals surface area contributed by atoms with Crippen molar-refractivity contribution >= 4 is 5.91 Å². The Morgan fingerprint density at radius 2 is 2.27 bits per heavy atom. The second-order valence-corrected chi connectivity index (χ2v) is 2.31. The van der Waals surface area contributed by atoms with Crippen LogP contribution in [0.4, 0.5) is 0 Å². The third-order valence-corrected chi connectivity index (χ3v) is 1.65. The van der Waals surface area contributed by atoms with Gasteiger partial charge in [0.05, 0.1) is 19.6 Å². The number of rotatable bonds is 4. The molecule has 0 fully saturated rings. The Balaban J connectivity index is 3.97. The third kappa shape index (κ3) is 2.86. The Morgan fingerprint density at radius 3 is 2.55 bits per heavy atom. The first-order chi connectivity index (χ1) is 5.17. The molecule has 0 aromatic rings. The highest BCUT2D eigenvalue weighted by molar-refractivity contribution is 5.77. The molecule has 0 spiro atoms. The fourth-order valence-corrected chi connectivity index (χ4v) is 0.729. The van der Waals surface area contributed by atoms with Crippen LogP contribution in [0.3, 0.4) is 0 Å². The van der Waals surface area contributed by atoms with E-state index in [-0.39, 0.29) is 18.4 Å². The standard InChI is InChI=1S/C7H15NO3/c1-4-6(5-9)7(10)8(2)11-3/h6,9H,4-5H2,1-3H3. The van der Waals surface area contributed by atoms with Crippen molar-refractivity contribution in [3.05, 3.63) is 0 Å². The van der Waals surface area contributed by atoms with Gasteiger partial charge >= 0.3 is 0 Å². The third-order valence-electron chi connectivity index (χ3n) is 1.65. The average Bonchev–Trinajstić information content (AvgIpc) is 2.05. The molecular formula is C7H15NO3. The monoisotopic (exact) mass is 161 g/mol. The van der Waals surface area contributed by atoms with Crippen molar-refractivity contribution in [2.24, 2.45) is 5.92 Å². The minimum Gasteiger partial charge on any atom is -0.396 e. The summed E-state index contributed by atoms with van der Waals surface area (Å²) in [5, 5.41) is 9.87. The van der Waals surface area contributed by atoms with Gasteiger partial charge in [-0.1, -0.05) is 6.92 Å². The Labute approximate surface area is 66.7 Å². The molecule has 4 heteroatoms. The highest BCUT2D eigenvalue weighted by Crippen LogP contribution is 2.04. The number of hydrogen-bond acceptors (Lipinski definition) is 3. The minimum absolute atomic E-state index is 0.122. The summed E-state index contributed by atoms with van der Waals surface area (Å²) < 4.78 is 0. The second kappa shape index (κ2) is 5.09. The number of carbonyl (C=O) groups excluding carboxylic acids is 1. The summed E-state index contributed by atoms with van der Waals surface area (Å²) in [7, 11) is 2.95. The molecule has 0 saturated carbocycles. The predicted molar refractivity (Wildman–Crippen MR) is 40.6 cm³/mol. The summed E-state index contributed by atoms with van der Waals surface area (Å²) in [6.45, 7) is 1.73. The first-order valence-electron chi connectivity index (χ1n) is 3.59.